The van der Waals surface area contributed by atoms with E-state index in [4.69, 9.17) is 5.73 Å². The molecule has 0 radical (unpaired) electrons. The standard InChI is InChI=1S/C12H21NO2/c13-10(9-5-1-2-6-9)12(11(14)15)7-3-4-8-12/h9-10H,1-8,13H2,(H,14,15). The van der Waals surface area contributed by atoms with Gasteiger partial charge in [0.15, 0.2) is 0 Å². The lowest BCUT2D eigenvalue weighted by Gasteiger charge is -2.34. The minimum Gasteiger partial charge on any atom is -0.481 e. The lowest BCUT2D eigenvalue weighted by molar-refractivity contribution is -0.151. The minimum absolute atomic E-state index is 0.111. The molecule has 0 amide bonds. The number of carboxylic acid groups (broad SMARTS) is 1. The molecule has 3 heteroatoms. The average Bonchev–Trinajstić information content (AvgIpc) is 2.89. The average molecular weight is 211 g/mol. The monoisotopic (exact) mass is 211 g/mol. The molecule has 0 aromatic carbocycles. The van der Waals surface area contributed by atoms with Crippen LogP contribution in [0.5, 0.6) is 0 Å². The molecular weight excluding hydrogens is 190 g/mol. The Morgan fingerprint density at radius 2 is 1.73 bits per heavy atom. The van der Waals surface area contributed by atoms with Gasteiger partial charge >= 0.3 is 5.97 Å². The highest BCUT2D eigenvalue weighted by atomic mass is 16.4. The van der Waals surface area contributed by atoms with Gasteiger partial charge in [0.1, 0.15) is 0 Å². The number of nitrogens with two attached hydrogens (primary N) is 1. The van der Waals surface area contributed by atoms with Gasteiger partial charge in [0.25, 0.3) is 0 Å². The molecule has 86 valence electrons. The number of hydrogen-bond acceptors (Lipinski definition) is 2. The van der Waals surface area contributed by atoms with Gasteiger partial charge in [0.2, 0.25) is 0 Å². The van der Waals surface area contributed by atoms with Crippen LogP contribution in [0.3, 0.4) is 0 Å². The predicted molar refractivity (Wildman–Crippen MR) is 58.5 cm³/mol. The Balaban J connectivity index is 2.13. The van der Waals surface area contributed by atoms with Crippen LogP contribution in [0.2, 0.25) is 0 Å². The molecule has 2 aliphatic carbocycles. The maximum atomic E-state index is 11.4. The van der Waals surface area contributed by atoms with Crippen molar-refractivity contribution in [2.75, 3.05) is 0 Å². The maximum absolute atomic E-state index is 11.4. The summed E-state index contributed by atoms with van der Waals surface area (Å²) in [5.74, 6) is -0.196. The summed E-state index contributed by atoms with van der Waals surface area (Å²) in [5, 5.41) is 9.41. The second kappa shape index (κ2) is 4.12. The lowest BCUT2D eigenvalue weighted by atomic mass is 9.73. The summed E-state index contributed by atoms with van der Waals surface area (Å²) in [5.41, 5.74) is 5.65. The van der Waals surface area contributed by atoms with Crippen LogP contribution in [0.1, 0.15) is 51.4 Å². The summed E-state index contributed by atoms with van der Waals surface area (Å²) in [6.07, 6.45) is 8.38. The number of aliphatic carboxylic acids is 1. The fraction of sp³-hybridized carbons (Fsp3) is 0.917. The molecule has 0 bridgehead atoms. The van der Waals surface area contributed by atoms with Crippen LogP contribution in [0.4, 0.5) is 0 Å². The molecular formula is C12H21NO2. The topological polar surface area (TPSA) is 63.3 Å². The summed E-state index contributed by atoms with van der Waals surface area (Å²) in [7, 11) is 0. The first-order chi connectivity index (χ1) is 7.17. The fourth-order valence-corrected chi connectivity index (χ4v) is 3.46. The van der Waals surface area contributed by atoms with Gasteiger partial charge in [-0.2, -0.15) is 0 Å². The van der Waals surface area contributed by atoms with E-state index in [9.17, 15) is 9.90 Å². The molecule has 1 atom stereocenters. The van der Waals surface area contributed by atoms with Crippen molar-refractivity contribution in [2.24, 2.45) is 17.1 Å². The molecule has 0 aromatic heterocycles. The quantitative estimate of drug-likeness (QED) is 0.751. The van der Waals surface area contributed by atoms with Gasteiger partial charge in [-0.15, -0.1) is 0 Å². The van der Waals surface area contributed by atoms with Crippen LogP contribution >= 0.6 is 0 Å². The Hall–Kier alpha value is -0.570. The van der Waals surface area contributed by atoms with Crippen molar-refractivity contribution in [2.45, 2.75) is 57.4 Å². The number of rotatable bonds is 3. The van der Waals surface area contributed by atoms with E-state index in [-0.39, 0.29) is 6.04 Å². The molecule has 0 saturated heterocycles. The van der Waals surface area contributed by atoms with Gasteiger partial charge < -0.3 is 10.8 Å². The third kappa shape index (κ3) is 1.78. The summed E-state index contributed by atoms with van der Waals surface area (Å²) in [6.45, 7) is 0. The molecule has 2 saturated carbocycles. The number of hydrogen-bond donors (Lipinski definition) is 2. The lowest BCUT2D eigenvalue weighted by Crippen LogP contribution is -2.49. The Labute approximate surface area is 91.0 Å². The van der Waals surface area contributed by atoms with Gasteiger partial charge in [-0.25, -0.2) is 0 Å². The van der Waals surface area contributed by atoms with Crippen molar-refractivity contribution in [3.8, 4) is 0 Å². The molecule has 2 rings (SSSR count). The summed E-state index contributed by atoms with van der Waals surface area (Å²) in [6, 6.07) is -0.111. The third-order valence-electron chi connectivity index (χ3n) is 4.47. The Morgan fingerprint density at radius 3 is 2.20 bits per heavy atom. The van der Waals surface area contributed by atoms with Crippen molar-refractivity contribution in [1.82, 2.24) is 0 Å². The highest BCUT2D eigenvalue weighted by Gasteiger charge is 2.49. The van der Waals surface area contributed by atoms with Gasteiger partial charge in [0, 0.05) is 6.04 Å². The van der Waals surface area contributed by atoms with Crippen LogP contribution in [-0.2, 0) is 4.79 Å². The smallest absolute Gasteiger partial charge is 0.311 e. The molecule has 3 N–H and O–H groups in total. The molecule has 0 aromatic rings. The van der Waals surface area contributed by atoms with Crippen molar-refractivity contribution in [1.29, 1.82) is 0 Å². The van der Waals surface area contributed by atoms with Crippen LogP contribution in [0.25, 0.3) is 0 Å². The molecule has 15 heavy (non-hydrogen) atoms. The largest absolute Gasteiger partial charge is 0.481 e. The van der Waals surface area contributed by atoms with Gasteiger partial charge in [-0.3, -0.25) is 4.79 Å². The van der Waals surface area contributed by atoms with Crippen molar-refractivity contribution in [3.05, 3.63) is 0 Å². The molecule has 1 unspecified atom stereocenters. The first kappa shape index (κ1) is 10.9. The van der Waals surface area contributed by atoms with E-state index >= 15 is 0 Å². The van der Waals surface area contributed by atoms with Crippen molar-refractivity contribution in [3.63, 3.8) is 0 Å². The first-order valence-electron chi connectivity index (χ1n) is 6.16. The highest BCUT2D eigenvalue weighted by Crippen LogP contribution is 2.45. The Kier molecular flexibility index (Phi) is 3.01. The highest BCUT2D eigenvalue weighted by molar-refractivity contribution is 5.76. The second-order valence-corrected chi connectivity index (χ2v) is 5.24. The number of carbonyl (C=O) groups is 1. The van der Waals surface area contributed by atoms with Crippen LogP contribution in [0.15, 0.2) is 0 Å². The summed E-state index contributed by atoms with van der Waals surface area (Å²) >= 11 is 0. The number of carboxylic acids is 1. The fourth-order valence-electron chi connectivity index (χ4n) is 3.46. The van der Waals surface area contributed by atoms with E-state index in [0.29, 0.717) is 5.92 Å². The predicted octanol–water partition coefficient (Wildman–Crippen LogP) is 2.15. The summed E-state index contributed by atoms with van der Waals surface area (Å²) in [4.78, 5) is 11.4. The van der Waals surface area contributed by atoms with Crippen molar-refractivity contribution < 1.29 is 9.90 Å². The SMILES string of the molecule is NC(C1CCCC1)C1(C(=O)O)CCCC1. The third-order valence-corrected chi connectivity index (χ3v) is 4.47. The molecule has 2 fully saturated rings. The maximum Gasteiger partial charge on any atom is 0.311 e. The Bertz CT molecular complexity index is 240. The van der Waals surface area contributed by atoms with Crippen LogP contribution < -0.4 is 5.73 Å². The Morgan fingerprint density at radius 1 is 1.20 bits per heavy atom. The second-order valence-electron chi connectivity index (χ2n) is 5.24. The van der Waals surface area contributed by atoms with Crippen LogP contribution in [-0.4, -0.2) is 17.1 Å². The van der Waals surface area contributed by atoms with Gasteiger partial charge in [0.05, 0.1) is 5.41 Å². The molecule has 0 heterocycles. The van der Waals surface area contributed by atoms with E-state index in [1.54, 1.807) is 0 Å². The zero-order valence-electron chi connectivity index (χ0n) is 9.24. The summed E-state index contributed by atoms with van der Waals surface area (Å²) < 4.78 is 0. The van der Waals surface area contributed by atoms with Crippen molar-refractivity contribution >= 4 is 5.97 Å². The van der Waals surface area contributed by atoms with Gasteiger partial charge in [-0.05, 0) is 31.6 Å². The minimum atomic E-state index is -0.653. The van der Waals surface area contributed by atoms with Gasteiger partial charge in [-0.1, -0.05) is 25.7 Å². The normalized spacial score (nSPS) is 28.1. The first-order valence-corrected chi connectivity index (χ1v) is 6.16. The van der Waals surface area contributed by atoms with E-state index < -0.39 is 11.4 Å². The van der Waals surface area contributed by atoms with E-state index in [1.807, 2.05) is 0 Å². The van der Waals surface area contributed by atoms with E-state index in [2.05, 4.69) is 0 Å². The molecule has 3 nitrogen and oxygen atoms in total. The van der Waals surface area contributed by atoms with Crippen LogP contribution in [0, 0.1) is 11.3 Å². The zero-order chi connectivity index (χ0) is 10.9. The van der Waals surface area contributed by atoms with E-state index in [0.717, 1.165) is 38.5 Å². The molecule has 0 spiro atoms. The zero-order valence-corrected chi connectivity index (χ0v) is 9.24. The molecule has 2 aliphatic rings. The molecule has 0 aliphatic heterocycles. The van der Waals surface area contributed by atoms with E-state index in [1.165, 1.54) is 12.8 Å².